The Bertz CT molecular complexity index is 3110. The molecule has 0 saturated carbocycles. The van der Waals surface area contributed by atoms with E-state index in [4.69, 9.17) is 14.5 Å². The third-order valence-corrected chi connectivity index (χ3v) is 13.9. The van der Waals surface area contributed by atoms with Crippen LogP contribution in [0.1, 0.15) is 105 Å². The van der Waals surface area contributed by atoms with E-state index in [0.29, 0.717) is 22.5 Å². The van der Waals surface area contributed by atoms with E-state index in [1.165, 1.54) is 24.6 Å². The first-order valence-electron chi connectivity index (χ1n) is 24.8. The maximum atomic E-state index is 14.0. The summed E-state index contributed by atoms with van der Waals surface area (Å²) in [5, 5.41) is 34.8. The second-order valence-electron chi connectivity index (χ2n) is 19.5. The molecule has 7 N–H and O–H groups in total. The van der Waals surface area contributed by atoms with Crippen LogP contribution in [0, 0.1) is 5.92 Å². The number of cyclic esters (lactones) is 1. The number of nitrogens with zero attached hydrogens (tertiary/aromatic N) is 3. The number of benzene rings is 2. The molecule has 4 atom stereocenters. The number of nitrogens with one attached hydrogen (secondary N) is 5. The number of esters is 1. The van der Waals surface area contributed by atoms with Crippen LogP contribution in [0.3, 0.4) is 0 Å². The third kappa shape index (κ3) is 11.3. The fourth-order valence-corrected chi connectivity index (χ4v) is 9.88. The minimum absolute atomic E-state index is 0.00230. The van der Waals surface area contributed by atoms with Crippen molar-refractivity contribution in [2.75, 3.05) is 11.9 Å². The van der Waals surface area contributed by atoms with Crippen molar-refractivity contribution in [3.8, 4) is 11.4 Å². The SMILES string of the molecule is CC[C@@]1(O)C(=O)OCc2c1cc1n(c2=O)Cc2c-1nc1ccc3c(c1c2CNC(=O)OCc1ccc(NC(=O)[C@H](CCC(=O)O)NC(=O)[C@H](C)NC(=O)[C@@H](CC(C)C)NC(=O)CCN2C(=O)C=CC2=O)cc1)CCC3. The molecular weight excluding hydrogens is 973 g/mol. The van der Waals surface area contributed by atoms with Gasteiger partial charge in [0.05, 0.1) is 29.0 Å². The first kappa shape index (κ1) is 53.0. The van der Waals surface area contributed by atoms with E-state index in [1.54, 1.807) is 29.7 Å². The number of carbonyl (C=O) groups excluding carboxylic acids is 8. The molecule has 0 bridgehead atoms. The smallest absolute Gasteiger partial charge is 0.407 e. The Labute approximate surface area is 429 Å². The number of aliphatic hydroxyl groups is 1. The highest BCUT2D eigenvalue weighted by Gasteiger charge is 2.46. The topological polar surface area (TPSA) is 311 Å². The van der Waals surface area contributed by atoms with Crippen LogP contribution in [0.4, 0.5) is 10.5 Å². The zero-order valence-corrected chi connectivity index (χ0v) is 41.8. The lowest BCUT2D eigenvalue weighted by molar-refractivity contribution is -0.172. The van der Waals surface area contributed by atoms with Gasteiger partial charge in [-0.3, -0.25) is 43.3 Å². The van der Waals surface area contributed by atoms with Crippen LogP contribution in [0.5, 0.6) is 0 Å². The summed E-state index contributed by atoms with van der Waals surface area (Å²) in [5.41, 5.74) is 4.22. The molecule has 5 heterocycles. The second-order valence-corrected chi connectivity index (χ2v) is 19.5. The lowest BCUT2D eigenvalue weighted by Crippen LogP contribution is -2.55. The van der Waals surface area contributed by atoms with Gasteiger partial charge in [-0.1, -0.05) is 39.0 Å². The standard InChI is InChI=1S/C53H58N8O14/c1-5-53(73)36-22-40-46-34(24-61(40)50(70)35(36)26-74-51(53)71)33(45-32-8-6-7-30(32)11-14-37(45)58-46)23-54-52(72)75-25-29-9-12-31(13-10-29)56-48(68)38(15-18-44(65)66)59-47(67)28(4)55-49(69)39(21-27(2)3)57-41(62)19-20-60-42(63)16-17-43(60)64/h9-14,16-17,22,27-28,38-39,73H,5-8,15,18-21,23-26H2,1-4H3,(H,54,72)(H,55,69)(H,56,68)(H,57,62)(H,59,67)(H,65,66)/t28-,38-,39+,53-/m0/s1. The van der Waals surface area contributed by atoms with Gasteiger partial charge in [0.1, 0.15) is 31.3 Å². The molecule has 22 heteroatoms. The van der Waals surface area contributed by atoms with Crippen molar-refractivity contribution in [3.05, 3.63) is 104 Å². The summed E-state index contributed by atoms with van der Waals surface area (Å²) < 4.78 is 12.4. The molecule has 394 valence electrons. The maximum Gasteiger partial charge on any atom is 0.407 e. The number of rotatable bonds is 20. The number of pyridine rings is 2. The summed E-state index contributed by atoms with van der Waals surface area (Å²) in [5.74, 6) is -6.09. The van der Waals surface area contributed by atoms with Crippen LogP contribution >= 0.6 is 0 Å². The van der Waals surface area contributed by atoms with E-state index < -0.39 is 89.2 Å². The highest BCUT2D eigenvalue weighted by Crippen LogP contribution is 2.42. The molecule has 2 aromatic carbocycles. The second kappa shape index (κ2) is 22.1. The molecule has 75 heavy (non-hydrogen) atoms. The third-order valence-electron chi connectivity index (χ3n) is 13.9. The van der Waals surface area contributed by atoms with Crippen molar-refractivity contribution in [1.82, 2.24) is 35.7 Å². The molecule has 2 aromatic heterocycles. The van der Waals surface area contributed by atoms with Gasteiger partial charge in [-0.2, -0.15) is 0 Å². The number of anilines is 1. The Morgan fingerprint density at radius 2 is 1.59 bits per heavy atom. The summed E-state index contributed by atoms with van der Waals surface area (Å²) in [6, 6.07) is 8.19. The molecule has 7 amide bonds. The predicted molar refractivity (Wildman–Crippen MR) is 267 cm³/mol. The Morgan fingerprint density at radius 1 is 0.853 bits per heavy atom. The fraction of sp³-hybridized carbons (Fsp3) is 0.415. The summed E-state index contributed by atoms with van der Waals surface area (Å²) in [4.78, 5) is 134. The number of ether oxygens (including phenoxy) is 2. The first-order valence-corrected chi connectivity index (χ1v) is 24.8. The molecule has 4 aromatic rings. The molecule has 0 spiro atoms. The van der Waals surface area contributed by atoms with Gasteiger partial charge in [-0.25, -0.2) is 14.6 Å². The predicted octanol–water partition coefficient (Wildman–Crippen LogP) is 2.63. The van der Waals surface area contributed by atoms with Gasteiger partial charge in [-0.05, 0) is 97.9 Å². The molecule has 8 rings (SSSR count). The summed E-state index contributed by atoms with van der Waals surface area (Å²) in [6.07, 6.45) is 3.23. The Kier molecular flexibility index (Phi) is 15.6. The van der Waals surface area contributed by atoms with Crippen LogP contribution < -0.4 is 32.1 Å². The van der Waals surface area contributed by atoms with E-state index in [9.17, 15) is 58.2 Å². The van der Waals surface area contributed by atoms with Gasteiger partial charge < -0.3 is 50.8 Å². The normalized spacial score (nSPS) is 17.3. The van der Waals surface area contributed by atoms with E-state index in [2.05, 4.69) is 26.6 Å². The summed E-state index contributed by atoms with van der Waals surface area (Å²) in [7, 11) is 0. The molecule has 0 saturated heterocycles. The van der Waals surface area contributed by atoms with Gasteiger partial charge in [-0.15, -0.1) is 0 Å². The molecule has 0 radical (unpaired) electrons. The van der Waals surface area contributed by atoms with Crippen molar-refractivity contribution < 1.29 is 62.8 Å². The number of fused-ring (bicyclic) bond motifs is 7. The number of carbonyl (C=O) groups is 9. The van der Waals surface area contributed by atoms with Gasteiger partial charge in [0, 0.05) is 60.3 Å². The van der Waals surface area contributed by atoms with Crippen molar-refractivity contribution in [2.24, 2.45) is 5.92 Å². The number of amides is 7. The number of aliphatic carboxylic acids is 1. The lowest BCUT2D eigenvalue weighted by Gasteiger charge is -2.31. The first-order chi connectivity index (χ1) is 35.8. The lowest BCUT2D eigenvalue weighted by atomic mass is 9.86. The number of hydrogen-bond donors (Lipinski definition) is 7. The number of carboxylic acids is 1. The van der Waals surface area contributed by atoms with E-state index in [1.807, 2.05) is 26.0 Å². The minimum Gasteiger partial charge on any atom is -0.481 e. The van der Waals surface area contributed by atoms with Crippen molar-refractivity contribution in [3.63, 3.8) is 0 Å². The molecular formula is C53H58N8O14. The number of aryl methyl sites for hydroxylation is 2. The number of aromatic nitrogens is 2. The van der Waals surface area contributed by atoms with E-state index >= 15 is 0 Å². The minimum atomic E-state index is -1.99. The summed E-state index contributed by atoms with van der Waals surface area (Å²) in [6.45, 7) is 6.17. The van der Waals surface area contributed by atoms with E-state index in [-0.39, 0.29) is 81.3 Å². The monoisotopic (exact) mass is 1030 g/mol. The fourth-order valence-electron chi connectivity index (χ4n) is 9.88. The number of imide groups is 1. The van der Waals surface area contributed by atoms with Crippen LogP contribution in [0.15, 0.2) is 59.4 Å². The molecule has 22 nitrogen and oxygen atoms in total. The summed E-state index contributed by atoms with van der Waals surface area (Å²) >= 11 is 0. The number of alkyl carbamates (subject to hydrolysis) is 1. The molecule has 0 fully saturated rings. The number of carboxylic acid groups (broad SMARTS) is 1. The zero-order valence-electron chi connectivity index (χ0n) is 41.8. The zero-order chi connectivity index (χ0) is 53.9. The van der Waals surface area contributed by atoms with Gasteiger partial charge >= 0.3 is 18.0 Å². The van der Waals surface area contributed by atoms with Crippen LogP contribution in [0.25, 0.3) is 22.3 Å². The Balaban J connectivity index is 0.881. The maximum absolute atomic E-state index is 14.0. The Hall–Kier alpha value is -8.27. The van der Waals surface area contributed by atoms with E-state index in [0.717, 1.165) is 58.4 Å². The largest absolute Gasteiger partial charge is 0.481 e. The number of hydrogen-bond acceptors (Lipinski definition) is 14. The van der Waals surface area contributed by atoms with Gasteiger partial charge in [0.2, 0.25) is 23.6 Å². The Morgan fingerprint density at radius 3 is 2.28 bits per heavy atom. The van der Waals surface area contributed by atoms with Gasteiger partial charge in [0.15, 0.2) is 5.60 Å². The van der Waals surface area contributed by atoms with Gasteiger partial charge in [0.25, 0.3) is 17.4 Å². The highest BCUT2D eigenvalue weighted by atomic mass is 16.6. The van der Waals surface area contributed by atoms with Crippen LogP contribution in [0.2, 0.25) is 0 Å². The average Bonchev–Trinajstić information content (AvgIpc) is 4.13. The molecule has 1 aliphatic carbocycles. The average molecular weight is 1030 g/mol. The van der Waals surface area contributed by atoms with Crippen LogP contribution in [-0.4, -0.2) is 103 Å². The van der Waals surface area contributed by atoms with Crippen molar-refractivity contribution in [2.45, 2.75) is 129 Å². The molecule has 0 unspecified atom stereocenters. The van der Waals surface area contributed by atoms with Crippen molar-refractivity contribution in [1.29, 1.82) is 0 Å². The van der Waals surface area contributed by atoms with Crippen LogP contribution in [-0.2, 0) is 92.6 Å². The quantitative estimate of drug-likeness (QED) is 0.0436. The molecule has 4 aliphatic rings. The highest BCUT2D eigenvalue weighted by molar-refractivity contribution is 6.13. The molecule has 3 aliphatic heterocycles. The van der Waals surface area contributed by atoms with Crippen molar-refractivity contribution >= 4 is 70.1 Å².